The summed E-state index contributed by atoms with van der Waals surface area (Å²) < 4.78 is 0. The minimum atomic E-state index is 0. The van der Waals surface area contributed by atoms with E-state index >= 15 is 0 Å². The fraction of sp³-hybridized carbons (Fsp3) is 0.714. The molecule has 1 aromatic rings. The van der Waals surface area contributed by atoms with Crippen molar-refractivity contribution in [2.45, 2.75) is 47.1 Å². The topological polar surface area (TPSA) is 49.3 Å². The summed E-state index contributed by atoms with van der Waals surface area (Å²) in [5.41, 5.74) is 1.12. The molecule has 0 atom stereocenters. The van der Waals surface area contributed by atoms with Gasteiger partial charge in [0.15, 0.2) is 5.96 Å². The minimum absolute atomic E-state index is 0. The molecule has 0 unspecified atom stereocenters. The van der Waals surface area contributed by atoms with Crippen LogP contribution in [-0.4, -0.2) is 24.5 Å². The molecule has 0 fully saturated rings. The Morgan fingerprint density at radius 1 is 1.25 bits per heavy atom. The molecule has 0 aromatic carbocycles. The maximum absolute atomic E-state index is 4.43. The Bertz CT molecular complexity index is 413. The monoisotopic (exact) mass is 410 g/mol. The average Bonchev–Trinajstić information content (AvgIpc) is 2.72. The number of nitrogens with zero attached hydrogens (tertiary/aromatic N) is 2. The van der Waals surface area contributed by atoms with Gasteiger partial charge in [-0.3, -0.25) is 4.99 Å². The van der Waals surface area contributed by atoms with Gasteiger partial charge in [0.25, 0.3) is 0 Å². The third-order valence-corrected chi connectivity index (χ3v) is 4.43. The molecule has 0 saturated carbocycles. The van der Waals surface area contributed by atoms with Crippen molar-refractivity contribution in [3.63, 3.8) is 0 Å². The lowest BCUT2D eigenvalue weighted by molar-refractivity contribution is 0.481. The van der Waals surface area contributed by atoms with Crippen molar-refractivity contribution in [3.8, 4) is 0 Å². The van der Waals surface area contributed by atoms with Gasteiger partial charge in [0.05, 0.1) is 17.2 Å². The fourth-order valence-corrected chi connectivity index (χ4v) is 2.82. The van der Waals surface area contributed by atoms with Crippen molar-refractivity contribution < 1.29 is 0 Å². The molecule has 116 valence electrons. The summed E-state index contributed by atoms with van der Waals surface area (Å²) in [4.78, 5) is 9.97. The second-order valence-corrected chi connectivity index (χ2v) is 6.02. The molecule has 0 spiro atoms. The molecule has 0 radical (unpaired) electrons. The highest BCUT2D eigenvalue weighted by atomic mass is 127. The van der Waals surface area contributed by atoms with Gasteiger partial charge in [0.1, 0.15) is 0 Å². The van der Waals surface area contributed by atoms with E-state index in [1.165, 1.54) is 17.7 Å². The summed E-state index contributed by atoms with van der Waals surface area (Å²) in [6.07, 6.45) is 2.40. The summed E-state index contributed by atoms with van der Waals surface area (Å²) in [7, 11) is 1.81. The van der Waals surface area contributed by atoms with Gasteiger partial charge in [-0.05, 0) is 19.8 Å². The van der Waals surface area contributed by atoms with E-state index in [4.69, 9.17) is 0 Å². The van der Waals surface area contributed by atoms with Gasteiger partial charge in [-0.15, -0.1) is 35.3 Å². The summed E-state index contributed by atoms with van der Waals surface area (Å²) in [5, 5.41) is 7.86. The second kappa shape index (κ2) is 10.4. The molecule has 1 aromatic heterocycles. The van der Waals surface area contributed by atoms with E-state index in [9.17, 15) is 0 Å². The van der Waals surface area contributed by atoms with Crippen LogP contribution in [0.2, 0.25) is 0 Å². The van der Waals surface area contributed by atoms with E-state index in [0.29, 0.717) is 5.92 Å². The number of hydrogen-bond acceptors (Lipinski definition) is 3. The maximum atomic E-state index is 4.43. The highest BCUT2D eigenvalue weighted by Crippen LogP contribution is 2.16. The summed E-state index contributed by atoms with van der Waals surface area (Å²) in [5.74, 6) is 1.59. The molecule has 1 heterocycles. The van der Waals surface area contributed by atoms with Crippen LogP contribution in [0.15, 0.2) is 4.99 Å². The number of aliphatic imine (C=N–C) groups is 1. The lowest BCUT2D eigenvalue weighted by Crippen LogP contribution is -2.39. The smallest absolute Gasteiger partial charge is 0.191 e. The zero-order valence-corrected chi connectivity index (χ0v) is 16.3. The Labute approximate surface area is 143 Å². The molecular weight excluding hydrogens is 383 g/mol. The van der Waals surface area contributed by atoms with E-state index in [1.807, 2.05) is 14.0 Å². The number of hydrogen-bond donors (Lipinski definition) is 2. The van der Waals surface area contributed by atoms with Crippen LogP contribution in [0.4, 0.5) is 0 Å². The van der Waals surface area contributed by atoms with Crippen LogP contribution in [0.3, 0.4) is 0 Å². The molecule has 0 aliphatic heterocycles. The first-order valence-corrected chi connectivity index (χ1v) is 7.79. The van der Waals surface area contributed by atoms with E-state index in [2.05, 4.69) is 41.4 Å². The minimum Gasteiger partial charge on any atom is -0.356 e. The van der Waals surface area contributed by atoms with Gasteiger partial charge in [-0.2, -0.15) is 0 Å². The third kappa shape index (κ3) is 6.39. The summed E-state index contributed by atoms with van der Waals surface area (Å²) >= 11 is 1.74. The van der Waals surface area contributed by atoms with Crippen molar-refractivity contribution in [2.75, 3.05) is 13.6 Å². The number of nitrogens with one attached hydrogen (secondary N) is 2. The average molecular weight is 410 g/mol. The van der Waals surface area contributed by atoms with E-state index < -0.39 is 0 Å². The summed E-state index contributed by atoms with van der Waals surface area (Å²) in [6.45, 7) is 10.3. The first-order chi connectivity index (χ1) is 9.10. The number of thiazole rings is 1. The second-order valence-electron chi connectivity index (χ2n) is 4.73. The van der Waals surface area contributed by atoms with Crippen LogP contribution in [0.5, 0.6) is 0 Å². The van der Waals surface area contributed by atoms with Crippen molar-refractivity contribution in [1.29, 1.82) is 0 Å². The van der Waals surface area contributed by atoms with Crippen LogP contribution in [-0.2, 0) is 6.54 Å². The predicted octanol–water partition coefficient (Wildman–Crippen LogP) is 3.48. The van der Waals surface area contributed by atoms with E-state index in [1.54, 1.807) is 11.3 Å². The van der Waals surface area contributed by atoms with Crippen LogP contribution in [0.25, 0.3) is 0 Å². The van der Waals surface area contributed by atoms with Gasteiger partial charge in [0, 0.05) is 18.5 Å². The molecule has 20 heavy (non-hydrogen) atoms. The van der Waals surface area contributed by atoms with Crippen LogP contribution in [0, 0.1) is 19.8 Å². The molecule has 2 N–H and O–H groups in total. The Morgan fingerprint density at radius 3 is 2.35 bits per heavy atom. The molecule has 6 heteroatoms. The normalized spacial score (nSPS) is 11.4. The molecule has 0 aliphatic carbocycles. The number of rotatable bonds is 6. The van der Waals surface area contributed by atoms with Crippen LogP contribution >= 0.6 is 35.3 Å². The highest BCUT2D eigenvalue weighted by Gasteiger charge is 2.07. The van der Waals surface area contributed by atoms with Gasteiger partial charge >= 0.3 is 0 Å². The zero-order valence-electron chi connectivity index (χ0n) is 13.1. The third-order valence-electron chi connectivity index (χ3n) is 3.35. The van der Waals surface area contributed by atoms with Gasteiger partial charge in [-0.25, -0.2) is 4.98 Å². The van der Waals surface area contributed by atoms with Crippen molar-refractivity contribution in [3.05, 3.63) is 15.6 Å². The Kier molecular flexibility index (Phi) is 10.2. The first kappa shape index (κ1) is 19.6. The van der Waals surface area contributed by atoms with Crippen LogP contribution < -0.4 is 10.6 Å². The number of aryl methyl sites for hydroxylation is 2. The molecule has 0 amide bonds. The first-order valence-electron chi connectivity index (χ1n) is 6.98. The Hall–Kier alpha value is -0.370. The number of guanidine groups is 1. The number of halogens is 1. The molecule has 4 nitrogen and oxygen atoms in total. The van der Waals surface area contributed by atoms with E-state index in [-0.39, 0.29) is 24.0 Å². The van der Waals surface area contributed by atoms with Crippen molar-refractivity contribution >= 4 is 41.3 Å². The molecular formula is C14H27IN4S. The molecule has 0 saturated heterocycles. The van der Waals surface area contributed by atoms with Gasteiger partial charge < -0.3 is 10.6 Å². The Morgan fingerprint density at radius 2 is 1.90 bits per heavy atom. The van der Waals surface area contributed by atoms with Crippen molar-refractivity contribution in [2.24, 2.45) is 10.9 Å². The molecule has 0 bridgehead atoms. The standard InChI is InChI=1S/C14H26N4S.HI/c1-6-12(7-2)8-16-14(15-5)17-9-13-10(3)18-11(4)19-13;/h12H,6-9H2,1-5H3,(H2,15,16,17);1H. The largest absolute Gasteiger partial charge is 0.356 e. The lowest BCUT2D eigenvalue weighted by Gasteiger charge is -2.16. The van der Waals surface area contributed by atoms with Crippen LogP contribution in [0.1, 0.15) is 42.3 Å². The van der Waals surface area contributed by atoms with E-state index in [0.717, 1.165) is 29.8 Å². The van der Waals surface area contributed by atoms with Crippen molar-refractivity contribution in [1.82, 2.24) is 15.6 Å². The number of aromatic nitrogens is 1. The highest BCUT2D eigenvalue weighted by molar-refractivity contribution is 14.0. The zero-order chi connectivity index (χ0) is 14.3. The Balaban J connectivity index is 0.00000361. The predicted molar refractivity (Wildman–Crippen MR) is 99.3 cm³/mol. The molecule has 0 aliphatic rings. The van der Waals surface area contributed by atoms with Gasteiger partial charge in [-0.1, -0.05) is 26.7 Å². The fourth-order valence-electron chi connectivity index (χ4n) is 1.94. The molecule has 1 rings (SSSR count). The quantitative estimate of drug-likeness (QED) is 0.429. The summed E-state index contributed by atoms with van der Waals surface area (Å²) in [6, 6.07) is 0. The van der Waals surface area contributed by atoms with Gasteiger partial charge in [0.2, 0.25) is 0 Å². The maximum Gasteiger partial charge on any atom is 0.191 e. The SMILES string of the molecule is CCC(CC)CNC(=NC)NCc1sc(C)nc1C.I. The lowest BCUT2D eigenvalue weighted by atomic mass is 10.0.